The zero-order valence-electron chi connectivity index (χ0n) is 10.6. The van der Waals surface area contributed by atoms with Crippen molar-refractivity contribution in [1.29, 1.82) is 0 Å². The zero-order valence-corrected chi connectivity index (χ0v) is 10.6. The van der Waals surface area contributed by atoms with E-state index in [1.54, 1.807) is 0 Å². The number of ether oxygens (including phenoxy) is 1. The Labute approximate surface area is 98.0 Å². The molecular formula is C12H23N3O. The van der Waals surface area contributed by atoms with Crippen molar-refractivity contribution < 1.29 is 4.74 Å². The molecule has 1 unspecified atom stereocenters. The molecule has 4 heteroatoms. The molecule has 16 heavy (non-hydrogen) atoms. The molecule has 0 saturated carbocycles. The van der Waals surface area contributed by atoms with Gasteiger partial charge in [0, 0.05) is 37.6 Å². The van der Waals surface area contributed by atoms with E-state index < -0.39 is 0 Å². The molecular weight excluding hydrogens is 202 g/mol. The van der Waals surface area contributed by atoms with Crippen LogP contribution in [0, 0.1) is 0 Å². The number of nitrogens with one attached hydrogen (secondary N) is 1. The summed E-state index contributed by atoms with van der Waals surface area (Å²) in [6, 6.07) is 0.345. The largest absolute Gasteiger partial charge is 0.381 e. The topological polar surface area (TPSA) is 39.1 Å². The molecule has 0 aliphatic rings. The standard InChI is InChI=1S/C12H23N3O/c1-4-7-16-8-6-12(13-3)11-9-14-15(5-2)10-11/h9-10,12-13H,4-8H2,1-3H3. The summed E-state index contributed by atoms with van der Waals surface area (Å²) < 4.78 is 7.45. The summed E-state index contributed by atoms with van der Waals surface area (Å²) in [5.41, 5.74) is 1.24. The molecule has 0 radical (unpaired) electrons. The summed E-state index contributed by atoms with van der Waals surface area (Å²) >= 11 is 0. The second-order valence-electron chi connectivity index (χ2n) is 3.87. The molecule has 92 valence electrons. The van der Waals surface area contributed by atoms with E-state index in [1.807, 2.05) is 17.9 Å². The van der Waals surface area contributed by atoms with E-state index in [9.17, 15) is 0 Å². The molecule has 1 aromatic rings. The van der Waals surface area contributed by atoms with Crippen LogP contribution in [0.5, 0.6) is 0 Å². The van der Waals surface area contributed by atoms with Gasteiger partial charge >= 0.3 is 0 Å². The molecule has 1 rings (SSSR count). The minimum absolute atomic E-state index is 0.345. The van der Waals surface area contributed by atoms with Crippen molar-refractivity contribution in [2.45, 2.75) is 39.3 Å². The van der Waals surface area contributed by atoms with Crippen molar-refractivity contribution in [1.82, 2.24) is 15.1 Å². The second kappa shape index (κ2) is 7.41. The zero-order chi connectivity index (χ0) is 11.8. The molecule has 0 amide bonds. The van der Waals surface area contributed by atoms with Crippen LogP contribution in [-0.4, -0.2) is 30.0 Å². The van der Waals surface area contributed by atoms with Gasteiger partial charge in [0.15, 0.2) is 0 Å². The van der Waals surface area contributed by atoms with Crippen LogP contribution in [-0.2, 0) is 11.3 Å². The van der Waals surface area contributed by atoms with Crippen LogP contribution in [0.4, 0.5) is 0 Å². The maximum atomic E-state index is 5.50. The average Bonchev–Trinajstić information content (AvgIpc) is 2.78. The lowest BCUT2D eigenvalue weighted by Crippen LogP contribution is -2.18. The highest BCUT2D eigenvalue weighted by molar-refractivity contribution is 5.10. The van der Waals surface area contributed by atoms with Gasteiger partial charge < -0.3 is 10.1 Å². The third kappa shape index (κ3) is 3.94. The minimum atomic E-state index is 0.345. The maximum absolute atomic E-state index is 5.50. The Morgan fingerprint density at radius 3 is 2.81 bits per heavy atom. The lowest BCUT2D eigenvalue weighted by Gasteiger charge is -2.14. The Morgan fingerprint density at radius 1 is 1.44 bits per heavy atom. The van der Waals surface area contributed by atoms with Gasteiger partial charge in [-0.1, -0.05) is 6.92 Å². The molecule has 0 spiro atoms. The van der Waals surface area contributed by atoms with Crippen molar-refractivity contribution in [3.8, 4) is 0 Å². The highest BCUT2D eigenvalue weighted by Crippen LogP contribution is 2.15. The van der Waals surface area contributed by atoms with E-state index in [1.165, 1.54) is 5.56 Å². The van der Waals surface area contributed by atoms with E-state index in [-0.39, 0.29) is 0 Å². The van der Waals surface area contributed by atoms with Crippen LogP contribution in [0.2, 0.25) is 0 Å². The fourth-order valence-electron chi connectivity index (χ4n) is 1.66. The Balaban J connectivity index is 2.40. The van der Waals surface area contributed by atoms with Crippen LogP contribution >= 0.6 is 0 Å². The number of nitrogens with zero attached hydrogens (tertiary/aromatic N) is 2. The summed E-state index contributed by atoms with van der Waals surface area (Å²) in [6.45, 7) is 6.79. The van der Waals surface area contributed by atoms with E-state index in [0.29, 0.717) is 6.04 Å². The third-order valence-electron chi connectivity index (χ3n) is 2.63. The predicted molar refractivity (Wildman–Crippen MR) is 65.4 cm³/mol. The molecule has 0 fully saturated rings. The summed E-state index contributed by atoms with van der Waals surface area (Å²) in [5, 5.41) is 7.58. The predicted octanol–water partition coefficient (Wildman–Crippen LogP) is 1.98. The first-order chi connectivity index (χ1) is 7.81. The monoisotopic (exact) mass is 225 g/mol. The van der Waals surface area contributed by atoms with Crippen LogP contribution < -0.4 is 5.32 Å². The molecule has 0 aliphatic carbocycles. The van der Waals surface area contributed by atoms with Gasteiger partial charge in [-0.25, -0.2) is 0 Å². The summed E-state index contributed by atoms with van der Waals surface area (Å²) in [6.07, 6.45) is 6.11. The number of aryl methyl sites for hydroxylation is 1. The Bertz CT molecular complexity index is 286. The van der Waals surface area contributed by atoms with Crippen LogP contribution in [0.15, 0.2) is 12.4 Å². The van der Waals surface area contributed by atoms with Crippen molar-refractivity contribution >= 4 is 0 Å². The molecule has 1 heterocycles. The highest BCUT2D eigenvalue weighted by Gasteiger charge is 2.10. The number of rotatable bonds is 8. The van der Waals surface area contributed by atoms with Gasteiger partial charge in [0.05, 0.1) is 6.20 Å². The molecule has 1 N–H and O–H groups in total. The van der Waals surface area contributed by atoms with E-state index in [2.05, 4.69) is 30.5 Å². The lowest BCUT2D eigenvalue weighted by molar-refractivity contribution is 0.125. The second-order valence-corrected chi connectivity index (χ2v) is 3.87. The van der Waals surface area contributed by atoms with Crippen molar-refractivity contribution in [2.24, 2.45) is 0 Å². The van der Waals surface area contributed by atoms with Crippen molar-refractivity contribution in [2.75, 3.05) is 20.3 Å². The average molecular weight is 225 g/mol. The summed E-state index contributed by atoms with van der Waals surface area (Å²) in [7, 11) is 1.98. The van der Waals surface area contributed by atoms with Gasteiger partial charge in [-0.3, -0.25) is 4.68 Å². The van der Waals surface area contributed by atoms with Crippen LogP contribution in [0.25, 0.3) is 0 Å². The third-order valence-corrected chi connectivity index (χ3v) is 2.63. The molecule has 1 aromatic heterocycles. The first kappa shape index (κ1) is 13.2. The van der Waals surface area contributed by atoms with Gasteiger partial charge in [-0.2, -0.15) is 5.10 Å². The molecule has 0 aliphatic heterocycles. The fraction of sp³-hybridized carbons (Fsp3) is 0.750. The fourth-order valence-corrected chi connectivity index (χ4v) is 1.66. The van der Waals surface area contributed by atoms with Crippen molar-refractivity contribution in [3.05, 3.63) is 18.0 Å². The first-order valence-corrected chi connectivity index (χ1v) is 6.09. The van der Waals surface area contributed by atoms with Gasteiger partial charge in [0.1, 0.15) is 0 Å². The Morgan fingerprint density at radius 2 is 2.25 bits per heavy atom. The molecule has 0 saturated heterocycles. The number of aromatic nitrogens is 2. The number of hydrogen-bond acceptors (Lipinski definition) is 3. The Kier molecular flexibility index (Phi) is 6.11. The molecule has 0 bridgehead atoms. The van der Waals surface area contributed by atoms with E-state index >= 15 is 0 Å². The maximum Gasteiger partial charge on any atom is 0.0537 e. The summed E-state index contributed by atoms with van der Waals surface area (Å²) in [5.74, 6) is 0. The molecule has 4 nitrogen and oxygen atoms in total. The first-order valence-electron chi connectivity index (χ1n) is 6.09. The highest BCUT2D eigenvalue weighted by atomic mass is 16.5. The van der Waals surface area contributed by atoms with Gasteiger partial charge in [0.2, 0.25) is 0 Å². The smallest absolute Gasteiger partial charge is 0.0537 e. The Hall–Kier alpha value is -0.870. The SMILES string of the molecule is CCCOCCC(NC)c1cnn(CC)c1. The normalized spacial score (nSPS) is 12.9. The molecule has 1 atom stereocenters. The van der Waals surface area contributed by atoms with E-state index in [4.69, 9.17) is 4.74 Å². The minimum Gasteiger partial charge on any atom is -0.381 e. The summed E-state index contributed by atoms with van der Waals surface area (Å²) in [4.78, 5) is 0. The quantitative estimate of drug-likeness (QED) is 0.688. The number of hydrogen-bond donors (Lipinski definition) is 1. The van der Waals surface area contributed by atoms with E-state index in [0.717, 1.165) is 32.6 Å². The van der Waals surface area contributed by atoms with Crippen LogP contribution in [0.1, 0.15) is 38.3 Å². The van der Waals surface area contributed by atoms with Crippen molar-refractivity contribution in [3.63, 3.8) is 0 Å². The molecule has 0 aromatic carbocycles. The van der Waals surface area contributed by atoms with Gasteiger partial charge in [-0.05, 0) is 26.8 Å². The lowest BCUT2D eigenvalue weighted by atomic mass is 10.1. The van der Waals surface area contributed by atoms with Gasteiger partial charge in [-0.15, -0.1) is 0 Å². The van der Waals surface area contributed by atoms with Crippen LogP contribution in [0.3, 0.4) is 0 Å². The van der Waals surface area contributed by atoms with Gasteiger partial charge in [0.25, 0.3) is 0 Å².